The second kappa shape index (κ2) is 13.9. The van der Waals surface area contributed by atoms with Crippen LogP contribution < -0.4 is 0 Å². The van der Waals surface area contributed by atoms with E-state index >= 15 is 0 Å². The molecule has 3 heteroatoms. The van der Waals surface area contributed by atoms with Gasteiger partial charge in [0.2, 0.25) is 0 Å². The first-order chi connectivity index (χ1) is 13.5. The van der Waals surface area contributed by atoms with Gasteiger partial charge in [0.1, 0.15) is 5.78 Å². The van der Waals surface area contributed by atoms with E-state index in [1.165, 1.54) is 43.5 Å². The lowest BCUT2D eigenvalue weighted by Gasteiger charge is -2.47. The van der Waals surface area contributed by atoms with Crippen LogP contribution in [-0.4, -0.2) is 29.5 Å². The second-order valence-corrected chi connectivity index (χ2v) is 7.64. The molecule has 4 rings (SSSR count). The van der Waals surface area contributed by atoms with Gasteiger partial charge in [-0.2, -0.15) is 0 Å². The fraction of sp³-hybridized carbons (Fsp3) is 0.520. The number of allylic oxidation sites excluding steroid dienone is 2. The molecule has 2 bridgehead atoms. The lowest BCUT2D eigenvalue weighted by atomic mass is 9.79. The van der Waals surface area contributed by atoms with Crippen LogP contribution in [0.25, 0.3) is 0 Å². The number of piperidine rings is 2. The predicted octanol–water partition coefficient (Wildman–Crippen LogP) is 6.35. The standard InChI is InChI=1S/C13H21NO.C7H8.C5H9N/c1-10(3-4-11(2)15)14-9-12-5-7-13(14)8-6-12;1-7-5-3-2-4-6-7;1-3-5-6-4-2/h12-13H,1,3-9H2,2H3;2-6H,1H3;3-5H,1-2H3/b;;5-3-,6-4?. The van der Waals surface area contributed by atoms with Crippen LogP contribution in [0.1, 0.15) is 64.9 Å². The summed E-state index contributed by atoms with van der Waals surface area (Å²) in [5.41, 5.74) is 2.52. The van der Waals surface area contributed by atoms with E-state index in [0.29, 0.717) is 6.42 Å². The monoisotopic (exact) mass is 382 g/mol. The number of Topliss-reactive ketones (excluding diaryl/α,β-unsaturated/α-hetero) is 1. The van der Waals surface area contributed by atoms with Crippen LogP contribution in [0.2, 0.25) is 0 Å². The number of hydrogen-bond donors (Lipinski definition) is 0. The lowest BCUT2D eigenvalue weighted by molar-refractivity contribution is -0.117. The molecule has 0 aromatic heterocycles. The zero-order valence-corrected chi connectivity index (χ0v) is 18.2. The molecule has 0 N–H and O–H groups in total. The number of carbonyl (C=O) groups is 1. The minimum Gasteiger partial charge on any atom is -0.372 e. The van der Waals surface area contributed by atoms with Crippen molar-refractivity contribution in [1.82, 2.24) is 4.90 Å². The molecule has 0 amide bonds. The molecule has 0 radical (unpaired) electrons. The van der Waals surface area contributed by atoms with Crippen molar-refractivity contribution in [2.75, 3.05) is 6.54 Å². The first-order valence-corrected chi connectivity index (χ1v) is 10.5. The van der Waals surface area contributed by atoms with Crippen molar-refractivity contribution >= 4 is 12.0 Å². The zero-order valence-electron chi connectivity index (χ0n) is 18.2. The van der Waals surface area contributed by atoms with Crippen LogP contribution in [0.15, 0.2) is 59.9 Å². The Morgan fingerprint density at radius 1 is 1.14 bits per heavy atom. The molecule has 0 spiro atoms. The van der Waals surface area contributed by atoms with Gasteiger partial charge in [0, 0.05) is 37.1 Å². The summed E-state index contributed by atoms with van der Waals surface area (Å²) in [6, 6.07) is 11.0. The summed E-state index contributed by atoms with van der Waals surface area (Å²) in [5, 5.41) is 0. The van der Waals surface area contributed by atoms with Gasteiger partial charge in [0.25, 0.3) is 0 Å². The highest BCUT2D eigenvalue weighted by Crippen LogP contribution is 2.37. The third-order valence-corrected chi connectivity index (χ3v) is 5.21. The molecule has 2 aliphatic heterocycles. The Kier molecular flexibility index (Phi) is 11.9. The Bertz CT molecular complexity index is 615. The van der Waals surface area contributed by atoms with Gasteiger partial charge in [0.15, 0.2) is 0 Å². The van der Waals surface area contributed by atoms with Crippen molar-refractivity contribution in [1.29, 1.82) is 0 Å². The van der Waals surface area contributed by atoms with Gasteiger partial charge in [-0.3, -0.25) is 4.99 Å². The quantitative estimate of drug-likeness (QED) is 0.556. The topological polar surface area (TPSA) is 32.7 Å². The summed E-state index contributed by atoms with van der Waals surface area (Å²) in [6.07, 6.45) is 12.4. The molecule has 1 aromatic carbocycles. The smallest absolute Gasteiger partial charge is 0.130 e. The van der Waals surface area contributed by atoms with Crippen molar-refractivity contribution in [2.45, 2.75) is 72.3 Å². The Balaban J connectivity index is 0.000000251. The summed E-state index contributed by atoms with van der Waals surface area (Å²) in [7, 11) is 0. The van der Waals surface area contributed by atoms with Crippen molar-refractivity contribution in [3.05, 3.63) is 60.4 Å². The average molecular weight is 383 g/mol. The summed E-state index contributed by atoms with van der Waals surface area (Å²) in [5.74, 6) is 1.17. The van der Waals surface area contributed by atoms with Gasteiger partial charge < -0.3 is 9.69 Å². The zero-order chi connectivity index (χ0) is 20.8. The third kappa shape index (κ3) is 9.68. The van der Waals surface area contributed by atoms with Gasteiger partial charge in [0.05, 0.1) is 0 Å². The van der Waals surface area contributed by atoms with Crippen LogP contribution in [-0.2, 0) is 4.79 Å². The number of carbonyl (C=O) groups excluding carboxylic acids is 1. The van der Waals surface area contributed by atoms with Gasteiger partial charge >= 0.3 is 0 Å². The maximum absolute atomic E-state index is 10.9. The summed E-state index contributed by atoms with van der Waals surface area (Å²) < 4.78 is 0. The molecule has 0 atom stereocenters. The number of aliphatic imine (C=N–C) groups is 1. The Labute approximate surface area is 172 Å². The van der Waals surface area contributed by atoms with Crippen molar-refractivity contribution in [3.8, 4) is 0 Å². The van der Waals surface area contributed by atoms with Crippen LogP contribution in [0, 0.1) is 12.8 Å². The summed E-state index contributed by atoms with van der Waals surface area (Å²) >= 11 is 0. The molecule has 154 valence electrons. The van der Waals surface area contributed by atoms with E-state index in [1.807, 2.05) is 38.1 Å². The molecule has 2 heterocycles. The van der Waals surface area contributed by atoms with E-state index in [2.05, 4.69) is 35.5 Å². The normalized spacial score (nSPS) is 20.4. The fourth-order valence-corrected chi connectivity index (χ4v) is 3.62. The predicted molar refractivity (Wildman–Crippen MR) is 122 cm³/mol. The average Bonchev–Trinajstić information content (AvgIpc) is 2.72. The Hall–Kier alpha value is -2.16. The molecule has 1 aromatic rings. The van der Waals surface area contributed by atoms with Gasteiger partial charge in [-0.25, -0.2) is 0 Å². The van der Waals surface area contributed by atoms with Gasteiger partial charge in [-0.05, 0) is 65.7 Å². The first-order valence-electron chi connectivity index (χ1n) is 10.5. The highest BCUT2D eigenvalue weighted by molar-refractivity contribution is 5.75. The molecule has 1 aliphatic carbocycles. The Morgan fingerprint density at radius 2 is 1.79 bits per heavy atom. The van der Waals surface area contributed by atoms with Crippen LogP contribution in [0.5, 0.6) is 0 Å². The van der Waals surface area contributed by atoms with E-state index in [-0.39, 0.29) is 5.78 Å². The molecular formula is C25H38N2O. The fourth-order valence-electron chi connectivity index (χ4n) is 3.62. The second-order valence-electron chi connectivity index (χ2n) is 7.64. The molecular weight excluding hydrogens is 344 g/mol. The number of hydrogen-bond acceptors (Lipinski definition) is 3. The number of rotatable bonds is 5. The maximum Gasteiger partial charge on any atom is 0.130 e. The van der Waals surface area contributed by atoms with Crippen LogP contribution >= 0.6 is 0 Å². The van der Waals surface area contributed by atoms with Crippen molar-refractivity contribution < 1.29 is 4.79 Å². The largest absolute Gasteiger partial charge is 0.372 e. The number of aryl methyl sites for hydroxylation is 1. The number of ketones is 1. The molecule has 1 saturated carbocycles. The number of nitrogens with zero attached hydrogens (tertiary/aromatic N) is 2. The van der Waals surface area contributed by atoms with E-state index < -0.39 is 0 Å². The molecule has 28 heavy (non-hydrogen) atoms. The van der Waals surface area contributed by atoms with Crippen LogP contribution in [0.4, 0.5) is 0 Å². The molecule has 0 unspecified atom stereocenters. The highest BCUT2D eigenvalue weighted by atomic mass is 16.1. The van der Waals surface area contributed by atoms with E-state index in [9.17, 15) is 4.79 Å². The van der Waals surface area contributed by atoms with Crippen molar-refractivity contribution in [3.63, 3.8) is 0 Å². The SMILES string of the molecule is C=C(CCC(C)=O)N1CC2CCC1CC2.CC=N/C=C\C.Cc1ccccc1. The van der Waals surface area contributed by atoms with Crippen molar-refractivity contribution in [2.24, 2.45) is 10.9 Å². The number of benzene rings is 1. The molecule has 3 aliphatic rings. The highest BCUT2D eigenvalue weighted by Gasteiger charge is 2.33. The van der Waals surface area contributed by atoms with E-state index in [1.54, 1.807) is 19.3 Å². The Morgan fingerprint density at radius 3 is 2.14 bits per heavy atom. The summed E-state index contributed by atoms with van der Waals surface area (Å²) in [4.78, 5) is 17.2. The van der Waals surface area contributed by atoms with E-state index in [0.717, 1.165) is 18.4 Å². The van der Waals surface area contributed by atoms with E-state index in [4.69, 9.17) is 0 Å². The number of fused-ring (bicyclic) bond motifs is 3. The van der Waals surface area contributed by atoms with Gasteiger partial charge in [-0.15, -0.1) is 0 Å². The molecule has 2 saturated heterocycles. The van der Waals surface area contributed by atoms with Gasteiger partial charge in [-0.1, -0.05) is 48.6 Å². The first kappa shape index (κ1) is 23.9. The minimum atomic E-state index is 0.276. The summed E-state index contributed by atoms with van der Waals surface area (Å²) in [6.45, 7) is 12.9. The minimum absolute atomic E-state index is 0.276. The molecule has 3 fully saturated rings. The third-order valence-electron chi connectivity index (χ3n) is 5.21. The van der Waals surface area contributed by atoms with Crippen LogP contribution in [0.3, 0.4) is 0 Å². The lowest BCUT2D eigenvalue weighted by Crippen LogP contribution is -2.47. The molecule has 3 nitrogen and oxygen atoms in total. The maximum atomic E-state index is 10.9.